The Bertz CT molecular complexity index is 876. The number of benzene rings is 2. The van der Waals surface area contributed by atoms with Gasteiger partial charge in [0.2, 0.25) is 0 Å². The van der Waals surface area contributed by atoms with Crippen LogP contribution in [0.1, 0.15) is 59.1 Å². The van der Waals surface area contributed by atoms with E-state index >= 15 is 0 Å². The van der Waals surface area contributed by atoms with Crippen LogP contribution in [0, 0.1) is 0 Å². The summed E-state index contributed by atoms with van der Waals surface area (Å²) in [6, 6.07) is 11.9. The summed E-state index contributed by atoms with van der Waals surface area (Å²) in [7, 11) is 0. The first-order valence-electron chi connectivity index (χ1n) is 9.82. The molecule has 28 heavy (non-hydrogen) atoms. The molecule has 0 saturated carbocycles. The molecule has 0 radical (unpaired) electrons. The van der Waals surface area contributed by atoms with Crippen molar-refractivity contribution in [3.05, 3.63) is 47.5 Å². The van der Waals surface area contributed by atoms with Crippen molar-refractivity contribution in [3.63, 3.8) is 0 Å². The molecule has 1 aliphatic rings. The van der Waals surface area contributed by atoms with Gasteiger partial charge in [0.25, 0.3) is 0 Å². The summed E-state index contributed by atoms with van der Waals surface area (Å²) >= 11 is 0. The second kappa shape index (κ2) is 7.16. The van der Waals surface area contributed by atoms with E-state index in [2.05, 4.69) is 33.8 Å². The summed E-state index contributed by atoms with van der Waals surface area (Å²) in [6.45, 7) is 12.7. The quantitative estimate of drug-likeness (QED) is 0.730. The predicted molar refractivity (Wildman–Crippen MR) is 111 cm³/mol. The summed E-state index contributed by atoms with van der Waals surface area (Å²) in [5.74, 6) is 0.773. The lowest BCUT2D eigenvalue weighted by Gasteiger charge is -2.43. The monoisotopic (exact) mass is 382 g/mol. The molecular weight excluding hydrogens is 352 g/mol. The van der Waals surface area contributed by atoms with Crippen molar-refractivity contribution >= 4 is 5.97 Å². The fourth-order valence-corrected chi connectivity index (χ4v) is 4.18. The highest BCUT2D eigenvalue weighted by molar-refractivity contribution is 5.73. The summed E-state index contributed by atoms with van der Waals surface area (Å²) in [4.78, 5) is 10.9. The van der Waals surface area contributed by atoms with E-state index in [9.17, 15) is 4.79 Å². The third-order valence-electron chi connectivity index (χ3n) is 5.04. The Hall–Kier alpha value is -2.49. The number of hydrogen-bond donors (Lipinski definition) is 1. The molecule has 1 N–H and O–H groups in total. The van der Waals surface area contributed by atoms with Crippen LogP contribution < -0.4 is 9.47 Å². The van der Waals surface area contributed by atoms with Crippen molar-refractivity contribution in [2.24, 2.45) is 0 Å². The van der Waals surface area contributed by atoms with Crippen LogP contribution in [0.3, 0.4) is 0 Å². The minimum atomic E-state index is -0.823. The van der Waals surface area contributed by atoms with Crippen molar-refractivity contribution in [1.29, 1.82) is 0 Å². The minimum Gasteiger partial charge on any atom is -0.487 e. The molecule has 0 spiro atoms. The second-order valence-electron chi connectivity index (χ2n) is 9.21. The molecule has 0 aliphatic carbocycles. The van der Waals surface area contributed by atoms with Crippen molar-refractivity contribution in [2.75, 3.05) is 0 Å². The summed E-state index contributed by atoms with van der Waals surface area (Å²) in [5.41, 5.74) is 3.71. The number of aliphatic carboxylic acids is 1. The molecule has 1 heterocycles. The Morgan fingerprint density at radius 2 is 1.75 bits per heavy atom. The Balaban J connectivity index is 2.10. The van der Waals surface area contributed by atoms with Crippen LogP contribution in [0.15, 0.2) is 36.4 Å². The Labute approximate surface area is 167 Å². The Kier molecular flexibility index (Phi) is 5.18. The largest absolute Gasteiger partial charge is 0.487 e. The number of rotatable bonds is 5. The zero-order chi connectivity index (χ0) is 20.7. The van der Waals surface area contributed by atoms with E-state index in [-0.39, 0.29) is 23.5 Å². The van der Waals surface area contributed by atoms with Crippen LogP contribution in [0.2, 0.25) is 0 Å². The molecule has 150 valence electrons. The Morgan fingerprint density at radius 3 is 2.32 bits per heavy atom. The molecule has 0 bridgehead atoms. The fourth-order valence-electron chi connectivity index (χ4n) is 4.18. The van der Waals surface area contributed by atoms with Crippen LogP contribution >= 0.6 is 0 Å². The van der Waals surface area contributed by atoms with Crippen LogP contribution in [-0.4, -0.2) is 22.8 Å². The van der Waals surface area contributed by atoms with Crippen LogP contribution in [0.25, 0.3) is 11.1 Å². The van der Waals surface area contributed by atoms with Gasteiger partial charge in [-0.2, -0.15) is 0 Å². The molecule has 2 aromatic rings. The van der Waals surface area contributed by atoms with Gasteiger partial charge in [0, 0.05) is 5.56 Å². The Morgan fingerprint density at radius 1 is 1.11 bits per heavy atom. The average Bonchev–Trinajstić information content (AvgIpc) is 2.53. The van der Waals surface area contributed by atoms with Crippen molar-refractivity contribution in [3.8, 4) is 22.6 Å². The maximum atomic E-state index is 10.9. The highest BCUT2D eigenvalue weighted by atomic mass is 16.5. The lowest BCUT2D eigenvalue weighted by atomic mass is 9.73. The van der Waals surface area contributed by atoms with E-state index in [1.165, 1.54) is 0 Å². The molecule has 0 aromatic heterocycles. The summed E-state index contributed by atoms with van der Waals surface area (Å²) < 4.78 is 12.5. The molecule has 0 atom stereocenters. The van der Waals surface area contributed by atoms with E-state index in [1.54, 1.807) is 0 Å². The summed E-state index contributed by atoms with van der Waals surface area (Å²) in [6.07, 6.45) is 0.978. The smallest absolute Gasteiger partial charge is 0.307 e. The first-order chi connectivity index (χ1) is 13.0. The summed E-state index contributed by atoms with van der Waals surface area (Å²) in [5, 5.41) is 8.98. The number of ether oxygens (including phenoxy) is 2. The average molecular weight is 383 g/mol. The topological polar surface area (TPSA) is 55.8 Å². The molecule has 4 heteroatoms. The molecule has 2 aromatic carbocycles. The zero-order valence-electron chi connectivity index (χ0n) is 17.6. The molecule has 0 fully saturated rings. The SMILES string of the molecule is CC(C)Oc1cc(-c2ccc(CC(=O)O)cc2)cc2c1OC(C)(C)CC2(C)C. The fraction of sp³-hybridized carbons (Fsp3) is 0.458. The molecule has 0 amide bonds. The van der Waals surface area contributed by atoms with Crippen LogP contribution in [0.4, 0.5) is 0 Å². The number of carbonyl (C=O) groups is 1. The van der Waals surface area contributed by atoms with Gasteiger partial charge in [-0.1, -0.05) is 38.1 Å². The normalized spacial score (nSPS) is 17.0. The first kappa shape index (κ1) is 20.2. The molecule has 4 nitrogen and oxygen atoms in total. The van der Waals surface area contributed by atoms with Crippen molar-refractivity contribution in [2.45, 2.75) is 71.5 Å². The van der Waals surface area contributed by atoms with Gasteiger partial charge >= 0.3 is 5.97 Å². The van der Waals surface area contributed by atoms with Gasteiger partial charge in [0.05, 0.1) is 12.5 Å². The highest BCUT2D eigenvalue weighted by Gasteiger charge is 2.41. The van der Waals surface area contributed by atoms with E-state index in [1.807, 2.05) is 44.2 Å². The lowest BCUT2D eigenvalue weighted by Crippen LogP contribution is -2.41. The van der Waals surface area contributed by atoms with Gasteiger partial charge in [0.15, 0.2) is 11.5 Å². The molecule has 0 unspecified atom stereocenters. The second-order valence-corrected chi connectivity index (χ2v) is 9.21. The molecule has 1 aliphatic heterocycles. The van der Waals surface area contributed by atoms with E-state index in [4.69, 9.17) is 14.6 Å². The van der Waals surface area contributed by atoms with Crippen LogP contribution in [0.5, 0.6) is 11.5 Å². The zero-order valence-corrected chi connectivity index (χ0v) is 17.6. The van der Waals surface area contributed by atoms with E-state index in [0.717, 1.165) is 40.2 Å². The van der Waals surface area contributed by atoms with Crippen molar-refractivity contribution in [1.82, 2.24) is 0 Å². The van der Waals surface area contributed by atoms with Gasteiger partial charge in [-0.15, -0.1) is 0 Å². The highest BCUT2D eigenvalue weighted by Crippen LogP contribution is 2.50. The molecule has 0 saturated heterocycles. The van der Waals surface area contributed by atoms with Gasteiger partial charge < -0.3 is 14.6 Å². The van der Waals surface area contributed by atoms with Gasteiger partial charge in [0.1, 0.15) is 5.60 Å². The third-order valence-corrected chi connectivity index (χ3v) is 5.04. The third kappa shape index (κ3) is 4.32. The lowest BCUT2D eigenvalue weighted by molar-refractivity contribution is -0.136. The van der Waals surface area contributed by atoms with Crippen molar-refractivity contribution < 1.29 is 19.4 Å². The van der Waals surface area contributed by atoms with E-state index < -0.39 is 5.97 Å². The molecular formula is C24H30O4. The van der Waals surface area contributed by atoms with Gasteiger partial charge in [-0.05, 0) is 68.4 Å². The minimum absolute atomic E-state index is 0.0299. The predicted octanol–water partition coefficient (Wildman–Crippen LogP) is 5.61. The maximum Gasteiger partial charge on any atom is 0.307 e. The number of hydrogen-bond acceptors (Lipinski definition) is 3. The number of fused-ring (bicyclic) bond motifs is 1. The standard InChI is InChI=1S/C24H30O4/c1-15(2)27-20-13-18(17-9-7-16(8-10-17)11-21(25)26)12-19-22(20)28-24(5,6)14-23(19,3)4/h7-10,12-13,15H,11,14H2,1-6H3,(H,25,26). The van der Waals surface area contributed by atoms with Gasteiger partial charge in [-0.3, -0.25) is 4.79 Å². The number of carboxylic acid groups (broad SMARTS) is 1. The first-order valence-corrected chi connectivity index (χ1v) is 9.82. The van der Waals surface area contributed by atoms with Gasteiger partial charge in [-0.25, -0.2) is 0 Å². The van der Waals surface area contributed by atoms with Crippen LogP contribution in [-0.2, 0) is 16.6 Å². The number of carboxylic acids is 1. The molecule has 3 rings (SSSR count). The van der Waals surface area contributed by atoms with E-state index in [0.29, 0.717) is 0 Å². The maximum absolute atomic E-state index is 10.9.